The zero-order chi connectivity index (χ0) is 13.2. The van der Waals surface area contributed by atoms with Crippen LogP contribution in [0, 0.1) is 17.8 Å². The molecular formula is C12H21NO4S. The summed E-state index contributed by atoms with van der Waals surface area (Å²) in [6.45, 7) is 0.546. The van der Waals surface area contributed by atoms with Crippen molar-refractivity contribution in [2.75, 3.05) is 12.3 Å². The highest BCUT2D eigenvalue weighted by Crippen LogP contribution is 2.48. The predicted molar refractivity (Wildman–Crippen MR) is 67.6 cm³/mol. The van der Waals surface area contributed by atoms with Crippen LogP contribution in [-0.2, 0) is 14.8 Å². The molecule has 0 aliphatic heterocycles. The number of carbonyl (C=O) groups is 1. The molecule has 0 saturated heterocycles. The van der Waals surface area contributed by atoms with E-state index < -0.39 is 16.0 Å². The van der Waals surface area contributed by atoms with Gasteiger partial charge in [0.25, 0.3) is 0 Å². The van der Waals surface area contributed by atoms with E-state index in [4.69, 9.17) is 5.11 Å². The molecule has 18 heavy (non-hydrogen) atoms. The van der Waals surface area contributed by atoms with Crippen molar-refractivity contribution in [2.45, 2.75) is 38.5 Å². The van der Waals surface area contributed by atoms with E-state index in [1.54, 1.807) is 0 Å². The van der Waals surface area contributed by atoms with Crippen LogP contribution in [0.15, 0.2) is 0 Å². The smallest absolute Gasteiger partial charge is 0.303 e. The van der Waals surface area contributed by atoms with Crippen molar-refractivity contribution in [2.24, 2.45) is 17.8 Å². The highest BCUT2D eigenvalue weighted by Gasteiger charge is 2.41. The molecule has 2 saturated carbocycles. The van der Waals surface area contributed by atoms with Gasteiger partial charge in [-0.1, -0.05) is 0 Å². The van der Waals surface area contributed by atoms with Gasteiger partial charge in [-0.25, -0.2) is 13.1 Å². The molecule has 0 spiro atoms. The minimum absolute atomic E-state index is 0.0820. The average molecular weight is 275 g/mol. The Morgan fingerprint density at radius 2 is 1.78 bits per heavy atom. The first-order valence-electron chi connectivity index (χ1n) is 6.67. The van der Waals surface area contributed by atoms with E-state index in [0.717, 1.165) is 11.8 Å². The summed E-state index contributed by atoms with van der Waals surface area (Å²) >= 11 is 0. The Morgan fingerprint density at radius 3 is 2.22 bits per heavy atom. The van der Waals surface area contributed by atoms with Crippen LogP contribution in [0.3, 0.4) is 0 Å². The lowest BCUT2D eigenvalue weighted by atomic mass is 9.99. The van der Waals surface area contributed by atoms with E-state index in [-0.39, 0.29) is 18.6 Å². The fourth-order valence-corrected chi connectivity index (χ4v) is 3.59. The molecule has 0 bridgehead atoms. The molecule has 6 heteroatoms. The van der Waals surface area contributed by atoms with Gasteiger partial charge in [0.1, 0.15) is 0 Å². The summed E-state index contributed by atoms with van der Waals surface area (Å²) < 4.78 is 26.1. The van der Waals surface area contributed by atoms with Gasteiger partial charge in [-0.2, -0.15) is 0 Å². The summed E-state index contributed by atoms with van der Waals surface area (Å²) in [5, 5.41) is 8.48. The molecule has 0 amide bonds. The normalized spacial score (nSPS) is 20.3. The first kappa shape index (κ1) is 13.8. The fourth-order valence-electron chi connectivity index (χ4n) is 2.48. The molecule has 104 valence electrons. The highest BCUT2D eigenvalue weighted by atomic mass is 32.2. The Bertz CT molecular complexity index is 386. The second-order valence-electron chi connectivity index (χ2n) is 5.50. The third-order valence-electron chi connectivity index (χ3n) is 3.80. The van der Waals surface area contributed by atoms with Crippen molar-refractivity contribution < 1.29 is 18.3 Å². The van der Waals surface area contributed by atoms with Crippen molar-refractivity contribution in [1.29, 1.82) is 0 Å². The maximum absolute atomic E-state index is 11.7. The van der Waals surface area contributed by atoms with Crippen LogP contribution < -0.4 is 4.72 Å². The summed E-state index contributed by atoms with van der Waals surface area (Å²) in [5.74, 6) is 0.929. The minimum atomic E-state index is -3.30. The van der Waals surface area contributed by atoms with Gasteiger partial charge in [-0.15, -0.1) is 0 Å². The monoisotopic (exact) mass is 275 g/mol. The van der Waals surface area contributed by atoms with Crippen molar-refractivity contribution in [1.82, 2.24) is 4.72 Å². The summed E-state index contributed by atoms with van der Waals surface area (Å²) in [4.78, 5) is 10.3. The van der Waals surface area contributed by atoms with Crippen molar-refractivity contribution in [3.05, 3.63) is 0 Å². The van der Waals surface area contributed by atoms with E-state index in [2.05, 4.69) is 4.72 Å². The van der Waals surface area contributed by atoms with E-state index in [1.165, 1.54) is 25.7 Å². The number of nitrogens with one attached hydrogen (secondary N) is 1. The number of rotatable bonds is 9. The lowest BCUT2D eigenvalue weighted by Gasteiger charge is -2.16. The summed E-state index contributed by atoms with van der Waals surface area (Å²) in [5.41, 5.74) is 0. The Morgan fingerprint density at radius 1 is 1.22 bits per heavy atom. The molecule has 2 N–H and O–H groups in total. The van der Waals surface area contributed by atoms with E-state index >= 15 is 0 Å². The standard InChI is InChI=1S/C12H21NO4S/c14-12(15)2-1-7-18(16,17)13-8-11(9-3-4-9)10-5-6-10/h9-11,13H,1-8H2,(H,14,15). The molecule has 5 nitrogen and oxygen atoms in total. The van der Waals surface area contributed by atoms with Crippen LogP contribution in [0.4, 0.5) is 0 Å². The van der Waals surface area contributed by atoms with Crippen LogP contribution in [0.2, 0.25) is 0 Å². The number of sulfonamides is 1. The lowest BCUT2D eigenvalue weighted by Crippen LogP contribution is -2.33. The second kappa shape index (κ2) is 5.57. The molecule has 2 rings (SSSR count). The third kappa shape index (κ3) is 4.57. The number of carboxylic acids is 1. The van der Waals surface area contributed by atoms with Crippen LogP contribution in [0.25, 0.3) is 0 Å². The molecule has 0 heterocycles. The Labute approximate surface area is 108 Å². The summed E-state index contributed by atoms with van der Waals surface area (Å²) in [6.07, 6.45) is 5.05. The largest absolute Gasteiger partial charge is 0.481 e. The Kier molecular flexibility index (Phi) is 4.27. The topological polar surface area (TPSA) is 83.5 Å². The molecule has 0 aromatic rings. The molecule has 2 fully saturated rings. The van der Waals surface area contributed by atoms with Gasteiger partial charge in [0.05, 0.1) is 5.75 Å². The Hall–Kier alpha value is -0.620. The Balaban J connectivity index is 1.71. The quantitative estimate of drug-likeness (QED) is 0.662. The molecule has 0 aromatic carbocycles. The maximum atomic E-state index is 11.7. The zero-order valence-corrected chi connectivity index (χ0v) is 11.3. The van der Waals surface area contributed by atoms with E-state index in [0.29, 0.717) is 12.5 Å². The molecule has 2 aliphatic carbocycles. The minimum Gasteiger partial charge on any atom is -0.481 e. The van der Waals surface area contributed by atoms with Crippen molar-refractivity contribution in [3.63, 3.8) is 0 Å². The average Bonchev–Trinajstić information content (AvgIpc) is 3.12. The first-order valence-corrected chi connectivity index (χ1v) is 8.32. The lowest BCUT2D eigenvalue weighted by molar-refractivity contribution is -0.137. The van der Waals surface area contributed by atoms with Crippen LogP contribution in [-0.4, -0.2) is 31.8 Å². The molecule has 0 radical (unpaired) electrons. The SMILES string of the molecule is O=C(O)CCCS(=O)(=O)NCC(C1CC1)C1CC1. The van der Waals surface area contributed by atoms with Crippen LogP contribution in [0.5, 0.6) is 0 Å². The van der Waals surface area contributed by atoms with Gasteiger partial charge in [-0.05, 0) is 49.9 Å². The van der Waals surface area contributed by atoms with Gasteiger partial charge in [0, 0.05) is 13.0 Å². The van der Waals surface area contributed by atoms with Gasteiger partial charge in [0.15, 0.2) is 0 Å². The van der Waals surface area contributed by atoms with Crippen LogP contribution in [0.1, 0.15) is 38.5 Å². The molecule has 0 atom stereocenters. The molecule has 2 aliphatic rings. The highest BCUT2D eigenvalue weighted by molar-refractivity contribution is 7.89. The van der Waals surface area contributed by atoms with Crippen LogP contribution >= 0.6 is 0 Å². The first-order chi connectivity index (χ1) is 8.48. The fraction of sp³-hybridized carbons (Fsp3) is 0.917. The third-order valence-corrected chi connectivity index (χ3v) is 5.23. The van der Waals surface area contributed by atoms with Crippen molar-refractivity contribution >= 4 is 16.0 Å². The summed E-state index contributed by atoms with van der Waals surface area (Å²) in [7, 11) is -3.30. The second-order valence-corrected chi connectivity index (χ2v) is 7.43. The molecule has 0 unspecified atom stereocenters. The van der Waals surface area contributed by atoms with Gasteiger partial charge >= 0.3 is 5.97 Å². The number of hydrogen-bond acceptors (Lipinski definition) is 3. The number of carboxylic acid groups (broad SMARTS) is 1. The number of aliphatic carboxylic acids is 1. The van der Waals surface area contributed by atoms with Gasteiger partial charge in [-0.3, -0.25) is 4.79 Å². The predicted octanol–water partition coefficient (Wildman–Crippen LogP) is 1.21. The zero-order valence-electron chi connectivity index (χ0n) is 10.5. The summed E-state index contributed by atoms with van der Waals surface area (Å²) in [6, 6.07) is 0. The molecular weight excluding hydrogens is 254 g/mol. The molecule has 0 aromatic heterocycles. The number of hydrogen-bond donors (Lipinski definition) is 2. The van der Waals surface area contributed by atoms with Gasteiger partial charge < -0.3 is 5.11 Å². The van der Waals surface area contributed by atoms with Crippen molar-refractivity contribution in [3.8, 4) is 0 Å². The van der Waals surface area contributed by atoms with Gasteiger partial charge in [0.2, 0.25) is 10.0 Å². The maximum Gasteiger partial charge on any atom is 0.303 e. The van der Waals surface area contributed by atoms with E-state index in [9.17, 15) is 13.2 Å². The van der Waals surface area contributed by atoms with E-state index in [1.807, 2.05) is 0 Å².